The van der Waals surface area contributed by atoms with Crippen molar-refractivity contribution in [1.82, 2.24) is 5.32 Å². The Bertz CT molecular complexity index is 802. The van der Waals surface area contributed by atoms with Crippen LogP contribution in [0.5, 0.6) is 11.5 Å². The van der Waals surface area contributed by atoms with Gasteiger partial charge in [0, 0.05) is 0 Å². The van der Waals surface area contributed by atoms with E-state index in [4.69, 9.17) is 9.47 Å². The molecule has 0 aromatic heterocycles. The summed E-state index contributed by atoms with van der Waals surface area (Å²) in [7, 11) is 1.57. The molecule has 1 N–H and O–H groups in total. The van der Waals surface area contributed by atoms with Crippen LogP contribution in [0.15, 0.2) is 53.4 Å². The molecule has 0 radical (unpaired) electrons. The van der Waals surface area contributed by atoms with Crippen LogP contribution >= 0.6 is 11.8 Å². The maximum Gasteiger partial charge on any atom is 0.290 e. The van der Waals surface area contributed by atoms with E-state index in [1.54, 1.807) is 31.4 Å². The first kappa shape index (κ1) is 16.1. The van der Waals surface area contributed by atoms with Gasteiger partial charge in [-0.2, -0.15) is 0 Å². The van der Waals surface area contributed by atoms with Crippen molar-refractivity contribution in [2.24, 2.45) is 0 Å². The van der Waals surface area contributed by atoms with Gasteiger partial charge in [0.2, 0.25) is 0 Å². The minimum atomic E-state index is -0.382. The maximum atomic E-state index is 11.6. The van der Waals surface area contributed by atoms with Crippen molar-refractivity contribution in [3.8, 4) is 11.5 Å². The van der Waals surface area contributed by atoms with Gasteiger partial charge in [-0.3, -0.25) is 14.9 Å². The molecule has 0 aliphatic carbocycles. The van der Waals surface area contributed by atoms with Gasteiger partial charge in [0.05, 0.1) is 12.0 Å². The fourth-order valence-electron chi connectivity index (χ4n) is 2.20. The van der Waals surface area contributed by atoms with Gasteiger partial charge in [-0.15, -0.1) is 0 Å². The molecule has 6 heteroatoms. The molecule has 1 saturated heterocycles. The monoisotopic (exact) mass is 341 g/mol. The molecule has 1 heterocycles. The standard InChI is InChI=1S/C18H15NO4S/c1-22-14-8-7-13(10-16-17(20)19-18(21)24-16)9-15(14)23-11-12-5-3-2-4-6-12/h2-10H,11H2,1H3,(H,19,20,21)/b16-10-. The highest BCUT2D eigenvalue weighted by molar-refractivity contribution is 8.18. The van der Waals surface area contributed by atoms with Crippen molar-refractivity contribution in [2.75, 3.05) is 7.11 Å². The molecule has 0 unspecified atom stereocenters. The lowest BCUT2D eigenvalue weighted by Crippen LogP contribution is -2.17. The number of hydrogen-bond acceptors (Lipinski definition) is 5. The van der Waals surface area contributed by atoms with Gasteiger partial charge in [0.25, 0.3) is 11.1 Å². The molecule has 0 atom stereocenters. The molecule has 0 bridgehead atoms. The van der Waals surface area contributed by atoms with Crippen molar-refractivity contribution in [2.45, 2.75) is 6.61 Å². The van der Waals surface area contributed by atoms with Gasteiger partial charge >= 0.3 is 0 Å². The number of rotatable bonds is 5. The Morgan fingerprint density at radius 1 is 1.08 bits per heavy atom. The first-order valence-corrected chi connectivity index (χ1v) is 8.07. The topological polar surface area (TPSA) is 64.6 Å². The number of nitrogens with one attached hydrogen (secondary N) is 1. The maximum absolute atomic E-state index is 11.6. The van der Waals surface area contributed by atoms with Gasteiger partial charge in [-0.1, -0.05) is 36.4 Å². The van der Waals surface area contributed by atoms with Crippen LogP contribution in [0.2, 0.25) is 0 Å². The Kier molecular flexibility index (Phi) is 4.86. The largest absolute Gasteiger partial charge is 0.493 e. The predicted molar refractivity (Wildman–Crippen MR) is 92.9 cm³/mol. The summed E-state index contributed by atoms with van der Waals surface area (Å²) >= 11 is 0.884. The van der Waals surface area contributed by atoms with E-state index in [0.717, 1.165) is 22.9 Å². The zero-order chi connectivity index (χ0) is 16.9. The lowest BCUT2D eigenvalue weighted by Gasteiger charge is -2.11. The van der Waals surface area contributed by atoms with Gasteiger partial charge in [0.15, 0.2) is 11.5 Å². The van der Waals surface area contributed by atoms with Crippen LogP contribution in [-0.2, 0) is 11.4 Å². The van der Waals surface area contributed by atoms with E-state index in [1.807, 2.05) is 30.3 Å². The Morgan fingerprint density at radius 2 is 1.88 bits per heavy atom. The van der Waals surface area contributed by atoms with Gasteiger partial charge < -0.3 is 9.47 Å². The number of amides is 2. The van der Waals surface area contributed by atoms with Gasteiger partial charge in [-0.05, 0) is 41.1 Å². The second-order valence-electron chi connectivity index (χ2n) is 5.04. The first-order chi connectivity index (χ1) is 11.7. The Balaban J connectivity index is 1.81. The summed E-state index contributed by atoms with van der Waals surface area (Å²) in [6.45, 7) is 0.408. The molecule has 1 aliphatic rings. The summed E-state index contributed by atoms with van der Waals surface area (Å²) in [4.78, 5) is 23.2. The van der Waals surface area contributed by atoms with E-state index >= 15 is 0 Å². The average Bonchev–Trinajstić information content (AvgIpc) is 2.91. The van der Waals surface area contributed by atoms with Crippen molar-refractivity contribution in [3.63, 3.8) is 0 Å². The quantitative estimate of drug-likeness (QED) is 0.842. The van der Waals surface area contributed by atoms with Crippen LogP contribution in [-0.4, -0.2) is 18.3 Å². The van der Waals surface area contributed by atoms with Crippen LogP contribution in [0.1, 0.15) is 11.1 Å². The number of benzene rings is 2. The Hall–Kier alpha value is -2.73. The summed E-state index contributed by atoms with van der Waals surface area (Å²) in [5.41, 5.74) is 1.80. The van der Waals surface area contributed by atoms with E-state index in [-0.39, 0.29) is 11.1 Å². The van der Waals surface area contributed by atoms with E-state index in [9.17, 15) is 9.59 Å². The normalized spacial score (nSPS) is 15.5. The lowest BCUT2D eigenvalue weighted by molar-refractivity contribution is -0.115. The molecule has 1 aliphatic heterocycles. The molecule has 0 spiro atoms. The van der Waals surface area contributed by atoms with Gasteiger partial charge in [0.1, 0.15) is 6.61 Å². The molecular weight excluding hydrogens is 326 g/mol. The van der Waals surface area contributed by atoms with E-state index in [1.165, 1.54) is 0 Å². The fraction of sp³-hybridized carbons (Fsp3) is 0.111. The summed E-state index contributed by atoms with van der Waals surface area (Å²) in [6, 6.07) is 15.2. The zero-order valence-electron chi connectivity index (χ0n) is 12.9. The van der Waals surface area contributed by atoms with Crippen molar-refractivity contribution in [1.29, 1.82) is 0 Å². The fourth-order valence-corrected chi connectivity index (χ4v) is 2.89. The first-order valence-electron chi connectivity index (χ1n) is 7.25. The molecular formula is C18H15NO4S. The molecule has 0 saturated carbocycles. The smallest absolute Gasteiger partial charge is 0.290 e. The number of thioether (sulfide) groups is 1. The summed E-state index contributed by atoms with van der Waals surface area (Å²) in [5, 5.41) is 1.87. The number of methoxy groups -OCH3 is 1. The molecule has 1 fully saturated rings. The van der Waals surface area contributed by atoms with E-state index in [2.05, 4.69) is 5.32 Å². The summed E-state index contributed by atoms with van der Waals surface area (Å²) < 4.78 is 11.2. The lowest BCUT2D eigenvalue weighted by atomic mass is 10.2. The third-order valence-electron chi connectivity index (χ3n) is 3.36. The summed E-state index contributed by atoms with van der Waals surface area (Å²) in [6.07, 6.45) is 1.65. The Labute approximate surface area is 143 Å². The average molecular weight is 341 g/mol. The number of carbonyl (C=O) groups excluding carboxylic acids is 2. The van der Waals surface area contributed by atoms with Crippen LogP contribution in [0.3, 0.4) is 0 Å². The second kappa shape index (κ2) is 7.23. The van der Waals surface area contributed by atoms with Crippen molar-refractivity contribution >= 4 is 29.0 Å². The van der Waals surface area contributed by atoms with E-state index < -0.39 is 0 Å². The molecule has 122 valence electrons. The zero-order valence-corrected chi connectivity index (χ0v) is 13.8. The van der Waals surface area contributed by atoms with Crippen LogP contribution in [0.25, 0.3) is 6.08 Å². The second-order valence-corrected chi connectivity index (χ2v) is 6.05. The molecule has 3 rings (SSSR count). The number of hydrogen-bond donors (Lipinski definition) is 1. The minimum absolute atomic E-state index is 0.360. The SMILES string of the molecule is COc1ccc(/C=C2\SC(=O)NC2=O)cc1OCc1ccccc1. The summed E-state index contributed by atoms with van der Waals surface area (Å²) in [5.74, 6) is 0.797. The van der Waals surface area contributed by atoms with Crippen LogP contribution < -0.4 is 14.8 Å². The highest BCUT2D eigenvalue weighted by atomic mass is 32.2. The van der Waals surface area contributed by atoms with Crippen molar-refractivity contribution in [3.05, 3.63) is 64.6 Å². The minimum Gasteiger partial charge on any atom is -0.493 e. The molecule has 24 heavy (non-hydrogen) atoms. The number of carbonyl (C=O) groups is 2. The van der Waals surface area contributed by atoms with E-state index in [0.29, 0.717) is 23.0 Å². The number of imide groups is 1. The highest BCUT2D eigenvalue weighted by Gasteiger charge is 2.25. The molecule has 2 aromatic carbocycles. The molecule has 2 aromatic rings. The Morgan fingerprint density at radius 3 is 2.54 bits per heavy atom. The number of ether oxygens (including phenoxy) is 2. The predicted octanol–water partition coefficient (Wildman–Crippen LogP) is 3.60. The van der Waals surface area contributed by atoms with Crippen molar-refractivity contribution < 1.29 is 19.1 Å². The van der Waals surface area contributed by atoms with Crippen LogP contribution in [0, 0.1) is 0 Å². The van der Waals surface area contributed by atoms with Gasteiger partial charge in [-0.25, -0.2) is 0 Å². The molecule has 5 nitrogen and oxygen atoms in total. The highest BCUT2D eigenvalue weighted by Crippen LogP contribution is 2.32. The van der Waals surface area contributed by atoms with Crippen LogP contribution in [0.4, 0.5) is 4.79 Å². The molecule has 2 amide bonds. The third kappa shape index (κ3) is 3.78. The third-order valence-corrected chi connectivity index (χ3v) is 4.18.